The van der Waals surface area contributed by atoms with Gasteiger partial charge >= 0.3 is 0 Å². The molecule has 1 N–H and O–H groups in total. The quantitative estimate of drug-likeness (QED) is 0.922. The lowest BCUT2D eigenvalue weighted by Gasteiger charge is -2.24. The summed E-state index contributed by atoms with van der Waals surface area (Å²) in [6.45, 7) is 1.35. The Balaban J connectivity index is 1.78. The zero-order chi connectivity index (χ0) is 12.4. The van der Waals surface area contributed by atoms with Gasteiger partial charge in [-0.3, -0.25) is 0 Å². The molecule has 1 aliphatic rings. The van der Waals surface area contributed by atoms with Crippen LogP contribution >= 0.6 is 11.3 Å². The summed E-state index contributed by atoms with van der Waals surface area (Å²) < 4.78 is 11.6. The van der Waals surface area contributed by atoms with E-state index in [1.165, 1.54) is 4.88 Å². The van der Waals surface area contributed by atoms with E-state index in [0.29, 0.717) is 6.61 Å². The summed E-state index contributed by atoms with van der Waals surface area (Å²) in [5.41, 5.74) is 0. The van der Waals surface area contributed by atoms with Crippen LogP contribution in [0.4, 0.5) is 0 Å². The first-order valence-electron chi connectivity index (χ1n) is 5.84. The molecular formula is C13H14N2O2S. The zero-order valence-electron chi connectivity index (χ0n) is 10.1. The Bertz CT molecular complexity index is 541. The minimum atomic E-state index is -0.101. The molecule has 4 nitrogen and oxygen atoms in total. The predicted molar refractivity (Wildman–Crippen MR) is 70.2 cm³/mol. The highest BCUT2D eigenvalue weighted by Gasteiger charge is 2.24. The lowest BCUT2D eigenvalue weighted by Crippen LogP contribution is -2.21. The number of hydrogen-bond acceptors (Lipinski definition) is 5. The van der Waals surface area contributed by atoms with Gasteiger partial charge in [0.2, 0.25) is 0 Å². The first-order valence-corrected chi connectivity index (χ1v) is 6.66. The highest BCUT2D eigenvalue weighted by molar-refractivity contribution is 7.11. The van der Waals surface area contributed by atoms with Gasteiger partial charge < -0.3 is 14.8 Å². The third kappa shape index (κ3) is 2.19. The van der Waals surface area contributed by atoms with Gasteiger partial charge in [-0.15, -0.1) is 11.3 Å². The number of nitrogens with one attached hydrogen (secondary N) is 1. The summed E-state index contributed by atoms with van der Waals surface area (Å²) in [6, 6.07) is 7.72. The molecule has 1 unspecified atom stereocenters. The maximum Gasteiger partial charge on any atom is 0.184 e. The maximum absolute atomic E-state index is 5.91. The number of benzene rings is 1. The molecule has 18 heavy (non-hydrogen) atoms. The van der Waals surface area contributed by atoms with Crippen LogP contribution in [0.1, 0.15) is 16.0 Å². The van der Waals surface area contributed by atoms with Gasteiger partial charge in [-0.05, 0) is 19.2 Å². The van der Waals surface area contributed by atoms with Gasteiger partial charge in [0.1, 0.15) is 11.6 Å². The lowest BCUT2D eigenvalue weighted by atomic mass is 10.2. The van der Waals surface area contributed by atoms with Crippen LogP contribution in [0.2, 0.25) is 0 Å². The van der Waals surface area contributed by atoms with Crippen LogP contribution in [0, 0.1) is 0 Å². The number of aromatic nitrogens is 1. The Hall–Kier alpha value is -1.59. The van der Waals surface area contributed by atoms with Crippen molar-refractivity contribution < 1.29 is 9.47 Å². The first-order chi connectivity index (χ1) is 8.86. The van der Waals surface area contributed by atoms with Crippen LogP contribution in [0.5, 0.6) is 11.5 Å². The summed E-state index contributed by atoms with van der Waals surface area (Å²) in [5.74, 6) is 1.60. The van der Waals surface area contributed by atoms with Crippen LogP contribution in [0.3, 0.4) is 0 Å². The number of para-hydroxylation sites is 2. The van der Waals surface area contributed by atoms with Crippen LogP contribution in [-0.2, 0) is 6.54 Å². The molecule has 2 aromatic rings. The topological polar surface area (TPSA) is 43.4 Å². The Kier molecular flexibility index (Phi) is 3.17. The first kappa shape index (κ1) is 11.5. The van der Waals surface area contributed by atoms with Crippen LogP contribution < -0.4 is 14.8 Å². The molecule has 0 radical (unpaired) electrons. The second-order valence-corrected chi connectivity index (χ2v) is 5.21. The van der Waals surface area contributed by atoms with Gasteiger partial charge in [0, 0.05) is 17.6 Å². The molecule has 5 heteroatoms. The van der Waals surface area contributed by atoms with Crippen molar-refractivity contribution in [1.82, 2.24) is 10.3 Å². The van der Waals surface area contributed by atoms with Gasteiger partial charge in [0.15, 0.2) is 17.6 Å². The second kappa shape index (κ2) is 4.96. The molecule has 0 aliphatic carbocycles. The fourth-order valence-corrected chi connectivity index (χ4v) is 2.81. The summed E-state index contributed by atoms with van der Waals surface area (Å²) >= 11 is 1.66. The van der Waals surface area contributed by atoms with E-state index in [-0.39, 0.29) is 6.10 Å². The molecule has 94 valence electrons. The minimum absolute atomic E-state index is 0.101. The molecule has 0 fully saturated rings. The molecule has 0 amide bonds. The highest BCUT2D eigenvalue weighted by atomic mass is 32.1. The van der Waals surface area contributed by atoms with E-state index >= 15 is 0 Å². The Labute approximate surface area is 110 Å². The molecule has 0 spiro atoms. The van der Waals surface area contributed by atoms with Crippen molar-refractivity contribution in [2.24, 2.45) is 0 Å². The fourth-order valence-electron chi connectivity index (χ4n) is 1.87. The maximum atomic E-state index is 5.91. The standard InChI is InChI=1S/C13H14N2O2S/c1-14-6-9-7-15-13(18-9)12-8-16-10-4-2-3-5-11(10)17-12/h2-5,7,12,14H,6,8H2,1H3. The molecule has 1 aliphatic heterocycles. The van der Waals surface area contributed by atoms with Gasteiger partial charge in [0.25, 0.3) is 0 Å². The summed E-state index contributed by atoms with van der Waals surface area (Å²) in [5, 5.41) is 4.08. The van der Waals surface area contributed by atoms with Gasteiger partial charge in [-0.25, -0.2) is 4.98 Å². The summed E-state index contributed by atoms with van der Waals surface area (Å²) in [4.78, 5) is 5.61. The monoisotopic (exact) mass is 262 g/mol. The number of nitrogens with zero attached hydrogens (tertiary/aromatic N) is 1. The normalized spacial score (nSPS) is 17.7. The predicted octanol–water partition coefficient (Wildman–Crippen LogP) is 2.38. The summed E-state index contributed by atoms with van der Waals surface area (Å²) in [6.07, 6.45) is 1.79. The SMILES string of the molecule is CNCc1cnc(C2COc3ccccc3O2)s1. The van der Waals surface area contributed by atoms with Gasteiger partial charge in [-0.1, -0.05) is 12.1 Å². The van der Waals surface area contributed by atoms with E-state index in [1.54, 1.807) is 11.3 Å². The van der Waals surface area contributed by atoms with E-state index in [0.717, 1.165) is 23.1 Å². The van der Waals surface area contributed by atoms with Crippen LogP contribution in [0.25, 0.3) is 0 Å². The van der Waals surface area contributed by atoms with Crippen molar-refractivity contribution in [2.75, 3.05) is 13.7 Å². The van der Waals surface area contributed by atoms with E-state index in [2.05, 4.69) is 10.3 Å². The van der Waals surface area contributed by atoms with Crippen molar-refractivity contribution >= 4 is 11.3 Å². The highest BCUT2D eigenvalue weighted by Crippen LogP contribution is 2.36. The lowest BCUT2D eigenvalue weighted by molar-refractivity contribution is 0.0911. The zero-order valence-corrected chi connectivity index (χ0v) is 10.9. The van der Waals surface area contributed by atoms with Crippen molar-refractivity contribution in [3.8, 4) is 11.5 Å². The molecule has 0 saturated carbocycles. The van der Waals surface area contributed by atoms with E-state index in [1.807, 2.05) is 37.5 Å². The molecule has 2 heterocycles. The third-order valence-electron chi connectivity index (χ3n) is 2.71. The largest absolute Gasteiger partial charge is 0.485 e. The molecule has 1 aromatic carbocycles. The third-order valence-corrected chi connectivity index (χ3v) is 3.80. The van der Waals surface area contributed by atoms with Crippen molar-refractivity contribution in [3.05, 3.63) is 40.3 Å². The second-order valence-electron chi connectivity index (χ2n) is 4.06. The molecule has 1 atom stereocenters. The van der Waals surface area contributed by atoms with Crippen molar-refractivity contribution in [3.63, 3.8) is 0 Å². The van der Waals surface area contributed by atoms with Crippen LogP contribution in [0.15, 0.2) is 30.5 Å². The molecule has 0 bridgehead atoms. The Morgan fingerprint density at radius 3 is 3.06 bits per heavy atom. The molecule has 1 aromatic heterocycles. The Morgan fingerprint density at radius 2 is 2.22 bits per heavy atom. The Morgan fingerprint density at radius 1 is 1.39 bits per heavy atom. The smallest absolute Gasteiger partial charge is 0.184 e. The van der Waals surface area contributed by atoms with E-state index in [4.69, 9.17) is 9.47 Å². The fraction of sp³-hybridized carbons (Fsp3) is 0.308. The van der Waals surface area contributed by atoms with Crippen LogP contribution in [-0.4, -0.2) is 18.6 Å². The van der Waals surface area contributed by atoms with E-state index < -0.39 is 0 Å². The van der Waals surface area contributed by atoms with Gasteiger partial charge in [-0.2, -0.15) is 0 Å². The molecular weight excluding hydrogens is 248 g/mol. The minimum Gasteiger partial charge on any atom is -0.485 e. The number of ether oxygens (including phenoxy) is 2. The number of thiazole rings is 1. The number of hydrogen-bond donors (Lipinski definition) is 1. The number of rotatable bonds is 3. The molecule has 0 saturated heterocycles. The average Bonchev–Trinajstić information content (AvgIpc) is 2.87. The van der Waals surface area contributed by atoms with Gasteiger partial charge in [0.05, 0.1) is 0 Å². The van der Waals surface area contributed by atoms with Crippen molar-refractivity contribution in [1.29, 1.82) is 0 Å². The van der Waals surface area contributed by atoms with Crippen molar-refractivity contribution in [2.45, 2.75) is 12.6 Å². The summed E-state index contributed by atoms with van der Waals surface area (Å²) in [7, 11) is 1.93. The van der Waals surface area contributed by atoms with E-state index in [9.17, 15) is 0 Å². The average molecular weight is 262 g/mol. The number of fused-ring (bicyclic) bond motifs is 1. The molecule has 3 rings (SSSR count).